The van der Waals surface area contributed by atoms with Crippen molar-refractivity contribution in [3.8, 4) is 0 Å². The first-order valence-corrected chi connectivity index (χ1v) is 9.94. The fourth-order valence-corrected chi connectivity index (χ4v) is 6.27. The van der Waals surface area contributed by atoms with Gasteiger partial charge in [-0.15, -0.1) is 0 Å². The Morgan fingerprint density at radius 3 is 2.43 bits per heavy atom. The van der Waals surface area contributed by atoms with Crippen molar-refractivity contribution < 1.29 is 9.84 Å². The van der Waals surface area contributed by atoms with Crippen molar-refractivity contribution in [1.82, 2.24) is 0 Å². The largest absolute Gasteiger partial charge is 0.396 e. The van der Waals surface area contributed by atoms with Gasteiger partial charge in [0.15, 0.2) is 0 Å². The summed E-state index contributed by atoms with van der Waals surface area (Å²) < 4.78 is 6.33. The van der Waals surface area contributed by atoms with Crippen molar-refractivity contribution in [3.63, 3.8) is 0 Å². The maximum absolute atomic E-state index is 9.76. The van der Waals surface area contributed by atoms with Crippen LogP contribution in [0.3, 0.4) is 0 Å². The average molecular weight is 323 g/mol. The van der Waals surface area contributed by atoms with Crippen LogP contribution in [0, 0.1) is 28.6 Å². The van der Waals surface area contributed by atoms with Crippen LogP contribution in [0.5, 0.6) is 0 Å². The zero-order valence-electron chi connectivity index (χ0n) is 16.0. The maximum atomic E-state index is 9.76. The van der Waals surface area contributed by atoms with E-state index in [-0.39, 0.29) is 11.0 Å². The average Bonchev–Trinajstić information content (AvgIpc) is 2.46. The molecule has 2 unspecified atom stereocenters. The molecule has 0 aromatic heterocycles. The van der Waals surface area contributed by atoms with Gasteiger partial charge in [0, 0.05) is 6.61 Å². The van der Waals surface area contributed by atoms with Crippen LogP contribution in [0.15, 0.2) is 0 Å². The number of rotatable bonds is 2. The Balaban J connectivity index is 1.69. The first-order chi connectivity index (χ1) is 10.7. The minimum atomic E-state index is -0.0105. The Hall–Kier alpha value is -0.0800. The fraction of sp³-hybridized carbons (Fsp3) is 1.00. The number of ether oxygens (including phenoxy) is 1. The summed E-state index contributed by atoms with van der Waals surface area (Å²) in [6.45, 7) is 11.8. The van der Waals surface area contributed by atoms with E-state index in [0.717, 1.165) is 17.8 Å². The number of hydrogen-bond acceptors (Lipinski definition) is 2. The fourth-order valence-electron chi connectivity index (χ4n) is 6.27. The molecule has 2 heteroatoms. The van der Waals surface area contributed by atoms with Gasteiger partial charge in [0.2, 0.25) is 0 Å². The number of aliphatic hydroxyl groups is 1. The summed E-state index contributed by atoms with van der Waals surface area (Å²) in [5.41, 5.74) is 0.706. The highest BCUT2D eigenvalue weighted by Crippen LogP contribution is 2.61. The lowest BCUT2D eigenvalue weighted by atomic mass is 9.47. The van der Waals surface area contributed by atoms with Crippen LogP contribution < -0.4 is 0 Å². The molecule has 6 atom stereocenters. The van der Waals surface area contributed by atoms with E-state index in [9.17, 15) is 5.11 Å². The maximum Gasteiger partial charge on any atom is 0.0602 e. The van der Waals surface area contributed by atoms with Gasteiger partial charge in [-0.05, 0) is 101 Å². The Morgan fingerprint density at radius 1 is 1.04 bits per heavy atom. The van der Waals surface area contributed by atoms with E-state index in [2.05, 4.69) is 34.6 Å². The lowest BCUT2D eigenvalue weighted by Gasteiger charge is -2.59. The first kappa shape index (κ1) is 17.7. The molecule has 3 fully saturated rings. The SMILES string of the molecule is CC(C)(C)O[C@@H]1CC[C@]2(C)C3CC[C@](C)(CO)CC3CC[C@H]2C1. The summed E-state index contributed by atoms with van der Waals surface area (Å²) in [5, 5.41) is 9.76. The zero-order valence-corrected chi connectivity index (χ0v) is 16.0. The lowest BCUT2D eigenvalue weighted by Crippen LogP contribution is -2.51. The molecule has 1 N–H and O–H groups in total. The van der Waals surface area contributed by atoms with E-state index < -0.39 is 0 Å². The number of hydrogen-bond donors (Lipinski definition) is 1. The highest BCUT2D eigenvalue weighted by atomic mass is 16.5. The Morgan fingerprint density at radius 2 is 1.78 bits per heavy atom. The predicted octanol–water partition coefficient (Wildman–Crippen LogP) is 5.19. The molecule has 3 rings (SSSR count). The molecule has 0 bridgehead atoms. The van der Waals surface area contributed by atoms with Crippen molar-refractivity contribution in [1.29, 1.82) is 0 Å². The van der Waals surface area contributed by atoms with Crippen LogP contribution in [0.25, 0.3) is 0 Å². The molecule has 0 radical (unpaired) electrons. The van der Waals surface area contributed by atoms with Crippen LogP contribution in [0.4, 0.5) is 0 Å². The predicted molar refractivity (Wildman–Crippen MR) is 95.3 cm³/mol. The summed E-state index contributed by atoms with van der Waals surface area (Å²) in [6, 6.07) is 0. The van der Waals surface area contributed by atoms with E-state index in [1.807, 2.05) is 0 Å². The van der Waals surface area contributed by atoms with Crippen molar-refractivity contribution in [2.75, 3.05) is 6.61 Å². The van der Waals surface area contributed by atoms with Crippen LogP contribution in [0.2, 0.25) is 0 Å². The summed E-state index contributed by atoms with van der Waals surface area (Å²) in [6.07, 6.45) is 10.9. The van der Waals surface area contributed by atoms with Crippen LogP contribution in [0.1, 0.15) is 86.0 Å². The minimum absolute atomic E-state index is 0.0105. The minimum Gasteiger partial charge on any atom is -0.396 e. The van der Waals surface area contributed by atoms with Crippen molar-refractivity contribution in [2.45, 2.75) is 97.7 Å². The standard InChI is InChI=1S/C21H38O2/c1-19(2,3)23-17-8-11-21(5)16(12-17)7-6-15-13-20(4,14-22)10-9-18(15)21/h15-18,22H,6-14H2,1-5H3/t15?,16-,17+,18?,20-,21-/m0/s1. The molecule has 23 heavy (non-hydrogen) atoms. The van der Waals surface area contributed by atoms with E-state index in [1.54, 1.807) is 0 Å². The molecule has 0 heterocycles. The second-order valence-corrected chi connectivity index (χ2v) is 10.5. The highest BCUT2D eigenvalue weighted by Gasteiger charge is 2.53. The number of fused-ring (bicyclic) bond motifs is 3. The van der Waals surface area contributed by atoms with Crippen molar-refractivity contribution in [3.05, 3.63) is 0 Å². The van der Waals surface area contributed by atoms with E-state index in [1.165, 1.54) is 51.4 Å². The first-order valence-electron chi connectivity index (χ1n) is 9.94. The van der Waals surface area contributed by atoms with Crippen LogP contribution in [-0.2, 0) is 4.74 Å². The normalized spacial score (nSPS) is 47.7. The van der Waals surface area contributed by atoms with Crippen molar-refractivity contribution >= 4 is 0 Å². The third-order valence-electron chi connectivity index (χ3n) is 7.50. The van der Waals surface area contributed by atoms with Gasteiger partial charge in [-0.2, -0.15) is 0 Å². The second kappa shape index (κ2) is 6.02. The van der Waals surface area contributed by atoms with Crippen LogP contribution in [-0.4, -0.2) is 23.4 Å². The third kappa shape index (κ3) is 3.49. The van der Waals surface area contributed by atoms with E-state index >= 15 is 0 Å². The molecule has 0 spiro atoms. The monoisotopic (exact) mass is 322 g/mol. The summed E-state index contributed by atoms with van der Waals surface area (Å²) in [5.74, 6) is 2.59. The van der Waals surface area contributed by atoms with Gasteiger partial charge in [0.05, 0.1) is 11.7 Å². The molecular weight excluding hydrogens is 284 g/mol. The van der Waals surface area contributed by atoms with Gasteiger partial charge in [0.1, 0.15) is 0 Å². The second-order valence-electron chi connectivity index (χ2n) is 10.5. The topological polar surface area (TPSA) is 29.5 Å². The molecule has 0 aromatic rings. The van der Waals surface area contributed by atoms with Gasteiger partial charge in [-0.1, -0.05) is 13.8 Å². The summed E-state index contributed by atoms with van der Waals surface area (Å²) in [4.78, 5) is 0. The Labute approximate surface area is 143 Å². The zero-order chi connectivity index (χ0) is 16.9. The van der Waals surface area contributed by atoms with E-state index in [4.69, 9.17) is 4.74 Å². The quantitative estimate of drug-likeness (QED) is 0.758. The summed E-state index contributed by atoms with van der Waals surface area (Å²) in [7, 11) is 0. The molecule has 3 saturated carbocycles. The molecular formula is C21H38O2. The smallest absolute Gasteiger partial charge is 0.0602 e. The Bertz CT molecular complexity index is 426. The molecule has 0 saturated heterocycles. The molecule has 134 valence electrons. The summed E-state index contributed by atoms with van der Waals surface area (Å²) >= 11 is 0. The Kier molecular flexibility index (Phi) is 4.64. The molecule has 0 aromatic carbocycles. The highest BCUT2D eigenvalue weighted by molar-refractivity contribution is 5.03. The van der Waals surface area contributed by atoms with Crippen molar-refractivity contribution in [2.24, 2.45) is 28.6 Å². The lowest BCUT2D eigenvalue weighted by molar-refractivity contribution is -0.143. The van der Waals surface area contributed by atoms with Gasteiger partial charge < -0.3 is 9.84 Å². The van der Waals surface area contributed by atoms with Gasteiger partial charge >= 0.3 is 0 Å². The molecule has 0 aliphatic heterocycles. The molecule has 2 nitrogen and oxygen atoms in total. The van der Waals surface area contributed by atoms with Gasteiger partial charge in [-0.25, -0.2) is 0 Å². The van der Waals surface area contributed by atoms with Gasteiger partial charge in [-0.3, -0.25) is 0 Å². The van der Waals surface area contributed by atoms with Crippen LogP contribution >= 0.6 is 0 Å². The molecule has 3 aliphatic rings. The van der Waals surface area contributed by atoms with Gasteiger partial charge in [0.25, 0.3) is 0 Å². The third-order valence-corrected chi connectivity index (χ3v) is 7.50. The van der Waals surface area contributed by atoms with E-state index in [0.29, 0.717) is 18.1 Å². The molecule has 3 aliphatic carbocycles. The molecule has 0 amide bonds. The number of aliphatic hydroxyl groups excluding tert-OH is 1.